The topological polar surface area (TPSA) is 50.2 Å². The van der Waals surface area contributed by atoms with Gasteiger partial charge in [0.15, 0.2) is 0 Å². The maximum atomic E-state index is 12.4. The van der Waals surface area contributed by atoms with Crippen LogP contribution in [0.15, 0.2) is 17.8 Å². The standard InChI is InChI=1S/C19H30N4O/c1-19(2,3)15-7-11-22(12-8-15)13-9-20-18(24)16-14-21-17-6-4-5-10-23(16)17/h7,14H,4-6,8-13H2,1-3H3,(H,20,24). The fourth-order valence-electron chi connectivity index (χ4n) is 3.61. The van der Waals surface area contributed by atoms with Gasteiger partial charge in [0.2, 0.25) is 0 Å². The van der Waals surface area contributed by atoms with Gasteiger partial charge in [-0.25, -0.2) is 4.98 Å². The summed E-state index contributed by atoms with van der Waals surface area (Å²) >= 11 is 0. The van der Waals surface area contributed by atoms with E-state index in [0.29, 0.717) is 6.54 Å². The van der Waals surface area contributed by atoms with E-state index in [1.807, 2.05) is 0 Å². The molecule has 1 aromatic heterocycles. The van der Waals surface area contributed by atoms with E-state index in [9.17, 15) is 4.79 Å². The molecule has 1 amide bonds. The maximum Gasteiger partial charge on any atom is 0.269 e. The van der Waals surface area contributed by atoms with E-state index >= 15 is 0 Å². The highest BCUT2D eigenvalue weighted by Crippen LogP contribution is 2.29. The van der Waals surface area contributed by atoms with Gasteiger partial charge in [0, 0.05) is 39.1 Å². The zero-order valence-corrected chi connectivity index (χ0v) is 15.3. The van der Waals surface area contributed by atoms with Crippen LogP contribution in [0.4, 0.5) is 0 Å². The molecule has 0 aromatic carbocycles. The summed E-state index contributed by atoms with van der Waals surface area (Å²) in [5.74, 6) is 1.07. The van der Waals surface area contributed by atoms with E-state index < -0.39 is 0 Å². The number of nitrogens with zero attached hydrogens (tertiary/aromatic N) is 3. The first-order valence-electron chi connectivity index (χ1n) is 9.19. The van der Waals surface area contributed by atoms with Crippen molar-refractivity contribution in [1.29, 1.82) is 0 Å². The minimum absolute atomic E-state index is 0.0126. The third-order valence-corrected chi connectivity index (χ3v) is 5.17. The average Bonchev–Trinajstić information content (AvgIpc) is 2.98. The summed E-state index contributed by atoms with van der Waals surface area (Å²) in [5.41, 5.74) is 2.55. The lowest BCUT2D eigenvalue weighted by atomic mass is 9.83. The molecule has 0 radical (unpaired) electrons. The predicted molar refractivity (Wildman–Crippen MR) is 96.1 cm³/mol. The number of nitrogens with one attached hydrogen (secondary N) is 1. The van der Waals surface area contributed by atoms with Gasteiger partial charge in [0.05, 0.1) is 6.20 Å². The lowest BCUT2D eigenvalue weighted by Crippen LogP contribution is -2.38. The Balaban J connectivity index is 1.47. The van der Waals surface area contributed by atoms with E-state index in [-0.39, 0.29) is 11.3 Å². The van der Waals surface area contributed by atoms with Crippen molar-refractivity contribution >= 4 is 5.91 Å². The molecular weight excluding hydrogens is 300 g/mol. The molecule has 0 spiro atoms. The van der Waals surface area contributed by atoms with E-state index in [0.717, 1.165) is 57.0 Å². The van der Waals surface area contributed by atoms with Crippen molar-refractivity contribution in [2.75, 3.05) is 26.2 Å². The third-order valence-electron chi connectivity index (χ3n) is 5.17. The predicted octanol–water partition coefficient (Wildman–Crippen LogP) is 2.63. The number of hydrogen-bond donors (Lipinski definition) is 1. The Morgan fingerprint density at radius 3 is 2.79 bits per heavy atom. The minimum Gasteiger partial charge on any atom is -0.349 e. The molecule has 0 atom stereocenters. The van der Waals surface area contributed by atoms with Crippen molar-refractivity contribution in [3.63, 3.8) is 0 Å². The molecule has 24 heavy (non-hydrogen) atoms. The maximum absolute atomic E-state index is 12.4. The van der Waals surface area contributed by atoms with E-state index in [1.165, 1.54) is 6.42 Å². The molecule has 0 unspecified atom stereocenters. The smallest absolute Gasteiger partial charge is 0.269 e. The third kappa shape index (κ3) is 3.89. The quantitative estimate of drug-likeness (QED) is 0.864. The molecule has 2 aliphatic heterocycles. The highest BCUT2D eigenvalue weighted by molar-refractivity contribution is 5.92. The number of aromatic nitrogens is 2. The van der Waals surface area contributed by atoms with E-state index in [1.54, 1.807) is 11.8 Å². The Labute approximate surface area is 145 Å². The van der Waals surface area contributed by atoms with Crippen LogP contribution in [0, 0.1) is 5.41 Å². The van der Waals surface area contributed by atoms with Gasteiger partial charge in [-0.2, -0.15) is 0 Å². The molecule has 0 saturated heterocycles. The molecule has 0 saturated carbocycles. The second-order valence-corrected chi connectivity index (χ2v) is 7.95. The summed E-state index contributed by atoms with van der Waals surface area (Å²) in [7, 11) is 0. The normalized spacial score (nSPS) is 18.9. The molecule has 3 heterocycles. The monoisotopic (exact) mass is 330 g/mol. The van der Waals surface area contributed by atoms with Crippen LogP contribution in [-0.4, -0.2) is 46.5 Å². The summed E-state index contributed by atoms with van der Waals surface area (Å²) in [6.07, 6.45) is 8.53. The highest BCUT2D eigenvalue weighted by Gasteiger charge is 2.22. The molecule has 2 aliphatic rings. The van der Waals surface area contributed by atoms with Gasteiger partial charge in [-0.15, -0.1) is 0 Å². The van der Waals surface area contributed by atoms with Gasteiger partial charge in [-0.1, -0.05) is 32.4 Å². The zero-order chi connectivity index (χ0) is 17.2. The number of fused-ring (bicyclic) bond motifs is 1. The Bertz CT molecular complexity index is 624. The average molecular weight is 330 g/mol. The fraction of sp³-hybridized carbons (Fsp3) is 0.684. The number of amides is 1. The molecule has 3 rings (SSSR count). The van der Waals surface area contributed by atoms with Gasteiger partial charge in [-0.05, 0) is 24.7 Å². The van der Waals surface area contributed by atoms with Crippen LogP contribution in [0.2, 0.25) is 0 Å². The van der Waals surface area contributed by atoms with Crippen LogP contribution in [0.25, 0.3) is 0 Å². The molecule has 5 heteroatoms. The van der Waals surface area contributed by atoms with Crippen LogP contribution >= 0.6 is 0 Å². The molecule has 0 fully saturated rings. The molecule has 1 N–H and O–H groups in total. The molecule has 0 bridgehead atoms. The first-order chi connectivity index (χ1) is 11.4. The summed E-state index contributed by atoms with van der Waals surface area (Å²) < 4.78 is 2.08. The van der Waals surface area contributed by atoms with E-state index in [2.05, 4.69) is 46.6 Å². The number of imidazole rings is 1. The highest BCUT2D eigenvalue weighted by atomic mass is 16.2. The first-order valence-corrected chi connectivity index (χ1v) is 9.19. The number of hydrogen-bond acceptors (Lipinski definition) is 3. The second kappa shape index (κ2) is 7.09. The summed E-state index contributed by atoms with van der Waals surface area (Å²) in [6, 6.07) is 0. The van der Waals surface area contributed by atoms with Gasteiger partial charge in [0.25, 0.3) is 5.91 Å². The van der Waals surface area contributed by atoms with Crippen LogP contribution in [0.3, 0.4) is 0 Å². The first kappa shape index (κ1) is 17.2. The summed E-state index contributed by atoms with van der Waals surface area (Å²) in [6.45, 7) is 11.4. The Morgan fingerprint density at radius 2 is 2.08 bits per heavy atom. The minimum atomic E-state index is 0.0126. The SMILES string of the molecule is CC(C)(C)C1=CCN(CCNC(=O)c2cnc3n2CCCC3)CC1. The van der Waals surface area contributed by atoms with Crippen molar-refractivity contribution in [2.45, 2.75) is 53.0 Å². The van der Waals surface area contributed by atoms with Crippen molar-refractivity contribution in [2.24, 2.45) is 5.41 Å². The number of carbonyl (C=O) groups is 1. The summed E-state index contributed by atoms with van der Waals surface area (Å²) in [5, 5.41) is 3.06. The molecule has 0 aliphatic carbocycles. The zero-order valence-electron chi connectivity index (χ0n) is 15.3. The largest absolute Gasteiger partial charge is 0.349 e. The lowest BCUT2D eigenvalue weighted by molar-refractivity contribution is 0.0938. The van der Waals surface area contributed by atoms with Crippen LogP contribution in [-0.2, 0) is 13.0 Å². The Kier molecular flexibility index (Phi) is 5.09. The van der Waals surface area contributed by atoms with Gasteiger partial charge < -0.3 is 9.88 Å². The van der Waals surface area contributed by atoms with Crippen LogP contribution < -0.4 is 5.32 Å². The number of carbonyl (C=O) groups excluding carboxylic acids is 1. The number of aryl methyl sites for hydroxylation is 1. The fourth-order valence-corrected chi connectivity index (χ4v) is 3.61. The molecule has 5 nitrogen and oxygen atoms in total. The Hall–Kier alpha value is -1.62. The molecule has 1 aromatic rings. The number of rotatable bonds is 4. The van der Waals surface area contributed by atoms with Crippen molar-refractivity contribution in [3.8, 4) is 0 Å². The van der Waals surface area contributed by atoms with Gasteiger partial charge in [-0.3, -0.25) is 9.69 Å². The molecular formula is C19H30N4O. The van der Waals surface area contributed by atoms with Gasteiger partial charge >= 0.3 is 0 Å². The van der Waals surface area contributed by atoms with Crippen molar-refractivity contribution < 1.29 is 4.79 Å². The van der Waals surface area contributed by atoms with Crippen molar-refractivity contribution in [3.05, 3.63) is 29.4 Å². The Morgan fingerprint density at radius 1 is 1.25 bits per heavy atom. The lowest BCUT2D eigenvalue weighted by Gasteiger charge is -2.32. The van der Waals surface area contributed by atoms with Crippen LogP contribution in [0.1, 0.15) is 56.3 Å². The van der Waals surface area contributed by atoms with E-state index in [4.69, 9.17) is 0 Å². The summed E-state index contributed by atoms with van der Waals surface area (Å²) in [4.78, 5) is 19.2. The van der Waals surface area contributed by atoms with Crippen LogP contribution in [0.5, 0.6) is 0 Å². The molecule has 132 valence electrons. The van der Waals surface area contributed by atoms with Crippen molar-refractivity contribution in [1.82, 2.24) is 19.8 Å². The van der Waals surface area contributed by atoms with Gasteiger partial charge in [0.1, 0.15) is 11.5 Å². The second-order valence-electron chi connectivity index (χ2n) is 7.95.